The van der Waals surface area contributed by atoms with E-state index in [0.717, 1.165) is 6.07 Å². The molecule has 1 atom stereocenters. The summed E-state index contributed by atoms with van der Waals surface area (Å²) in [5.41, 5.74) is 0.443. The summed E-state index contributed by atoms with van der Waals surface area (Å²) in [5.74, 6) is -1.40. The number of amides is 1. The van der Waals surface area contributed by atoms with Crippen LogP contribution in [0.3, 0.4) is 0 Å². The second kappa shape index (κ2) is 5.82. The first-order valence-corrected chi connectivity index (χ1v) is 7.97. The van der Waals surface area contributed by atoms with Gasteiger partial charge in [0.15, 0.2) is 0 Å². The third kappa shape index (κ3) is 3.40. The Kier molecular flexibility index (Phi) is 4.29. The lowest BCUT2D eigenvalue weighted by Crippen LogP contribution is -2.36. The number of carbonyl (C=O) groups excluding carboxylic acids is 1. The van der Waals surface area contributed by atoms with Crippen molar-refractivity contribution in [3.63, 3.8) is 0 Å². The van der Waals surface area contributed by atoms with Crippen LogP contribution in [0.1, 0.15) is 29.3 Å². The van der Waals surface area contributed by atoms with Crippen molar-refractivity contribution in [2.24, 2.45) is 0 Å². The summed E-state index contributed by atoms with van der Waals surface area (Å²) in [5, 5.41) is 11.5. The van der Waals surface area contributed by atoms with Crippen LogP contribution in [0.4, 0.5) is 0 Å². The zero-order valence-corrected chi connectivity index (χ0v) is 12.2. The molecule has 1 unspecified atom stereocenters. The minimum absolute atomic E-state index is 0.0516. The molecule has 114 valence electrons. The molecule has 0 aromatic heterocycles. The number of nitrogens with one attached hydrogen (secondary N) is 2. The Bertz CT molecular complexity index is 684. The van der Waals surface area contributed by atoms with Crippen LogP contribution in [0, 0.1) is 0 Å². The smallest absolute Gasteiger partial charge is 0.335 e. The van der Waals surface area contributed by atoms with Crippen molar-refractivity contribution in [2.75, 3.05) is 6.54 Å². The summed E-state index contributed by atoms with van der Waals surface area (Å²) in [4.78, 5) is 22.1. The maximum absolute atomic E-state index is 12.4. The maximum atomic E-state index is 12.4. The molecular weight excluding hydrogens is 296 g/mol. The first kappa shape index (κ1) is 15.5. The number of sulfonamides is 1. The van der Waals surface area contributed by atoms with E-state index in [0.29, 0.717) is 12.0 Å². The summed E-state index contributed by atoms with van der Waals surface area (Å²) < 4.78 is 27.3. The van der Waals surface area contributed by atoms with Gasteiger partial charge in [0.1, 0.15) is 0 Å². The average Bonchev–Trinajstić information content (AvgIpc) is 2.82. The van der Waals surface area contributed by atoms with Gasteiger partial charge < -0.3 is 10.4 Å². The van der Waals surface area contributed by atoms with E-state index >= 15 is 0 Å². The first-order chi connectivity index (χ1) is 9.83. The molecule has 8 heteroatoms. The fourth-order valence-electron chi connectivity index (χ4n) is 2.20. The Morgan fingerprint density at radius 1 is 1.48 bits per heavy atom. The first-order valence-electron chi connectivity index (χ1n) is 6.48. The highest BCUT2D eigenvalue weighted by molar-refractivity contribution is 7.89. The van der Waals surface area contributed by atoms with Gasteiger partial charge in [0.05, 0.1) is 10.5 Å². The Hall–Kier alpha value is -1.93. The number of hydrogen-bond donors (Lipinski definition) is 3. The molecule has 0 saturated carbocycles. The summed E-state index contributed by atoms with van der Waals surface area (Å²) in [7, 11) is -3.87. The molecule has 1 heterocycles. The molecule has 0 radical (unpaired) electrons. The largest absolute Gasteiger partial charge is 0.478 e. The Morgan fingerprint density at radius 2 is 2.19 bits per heavy atom. The molecular formula is C13H16N2O5S. The van der Waals surface area contributed by atoms with Crippen molar-refractivity contribution in [1.29, 1.82) is 0 Å². The summed E-state index contributed by atoms with van der Waals surface area (Å²) >= 11 is 0. The van der Waals surface area contributed by atoms with E-state index in [1.165, 1.54) is 12.1 Å². The van der Waals surface area contributed by atoms with Crippen molar-refractivity contribution in [3.05, 3.63) is 29.3 Å². The quantitative estimate of drug-likeness (QED) is 0.714. The molecule has 7 nitrogen and oxygen atoms in total. The normalized spacial score (nSPS) is 18.5. The molecule has 1 aromatic rings. The van der Waals surface area contributed by atoms with Gasteiger partial charge in [-0.3, -0.25) is 4.79 Å². The topological polar surface area (TPSA) is 113 Å². The molecule has 1 aliphatic heterocycles. The molecule has 3 N–H and O–H groups in total. The molecule has 0 bridgehead atoms. The molecule has 1 amide bonds. The van der Waals surface area contributed by atoms with E-state index in [2.05, 4.69) is 10.0 Å². The van der Waals surface area contributed by atoms with Crippen molar-refractivity contribution < 1.29 is 23.1 Å². The number of carbonyl (C=O) groups is 2. The van der Waals surface area contributed by atoms with Gasteiger partial charge >= 0.3 is 5.97 Å². The number of aryl methyl sites for hydroxylation is 1. The Labute approximate surface area is 122 Å². The minimum Gasteiger partial charge on any atom is -0.478 e. The van der Waals surface area contributed by atoms with Gasteiger partial charge in [-0.15, -0.1) is 0 Å². The third-order valence-corrected chi connectivity index (χ3v) is 4.89. The lowest BCUT2D eigenvalue weighted by Gasteiger charge is -2.14. The molecule has 2 rings (SSSR count). The minimum atomic E-state index is -3.87. The van der Waals surface area contributed by atoms with Crippen molar-refractivity contribution >= 4 is 21.9 Å². The average molecular weight is 312 g/mol. The number of benzene rings is 1. The molecule has 0 aliphatic carbocycles. The Balaban J connectivity index is 2.35. The van der Waals surface area contributed by atoms with E-state index in [1.54, 1.807) is 6.92 Å². The number of rotatable bonds is 5. The molecule has 1 saturated heterocycles. The predicted octanol–water partition coefficient (Wildman–Crippen LogP) is 0.114. The van der Waals surface area contributed by atoms with Crippen LogP contribution in [0.5, 0.6) is 0 Å². The van der Waals surface area contributed by atoms with Crippen molar-refractivity contribution in [1.82, 2.24) is 10.0 Å². The summed E-state index contributed by atoms with van der Waals surface area (Å²) in [6.45, 7) is 2.02. The highest BCUT2D eigenvalue weighted by Gasteiger charge is 2.28. The van der Waals surface area contributed by atoms with Gasteiger partial charge in [-0.25, -0.2) is 17.9 Å². The number of carboxylic acids is 1. The Morgan fingerprint density at radius 3 is 2.71 bits per heavy atom. The fraction of sp³-hybridized carbons (Fsp3) is 0.385. The SMILES string of the molecule is CCc1ccc(C(=O)O)cc1S(=O)(=O)NC1CNC(=O)C1. The summed E-state index contributed by atoms with van der Waals surface area (Å²) in [6.07, 6.45) is 0.539. The molecule has 0 spiro atoms. The zero-order valence-electron chi connectivity index (χ0n) is 11.4. The van der Waals surface area contributed by atoms with Crippen LogP contribution in [-0.2, 0) is 21.2 Å². The molecule has 1 aliphatic rings. The van der Waals surface area contributed by atoms with Crippen LogP contribution in [-0.4, -0.2) is 38.0 Å². The second-order valence-corrected chi connectivity index (χ2v) is 6.49. The summed E-state index contributed by atoms with van der Waals surface area (Å²) in [6, 6.07) is 3.51. The third-order valence-electron chi connectivity index (χ3n) is 3.28. The van der Waals surface area contributed by atoms with Crippen LogP contribution in [0.2, 0.25) is 0 Å². The second-order valence-electron chi connectivity index (χ2n) is 4.81. The number of carboxylic acid groups (broad SMARTS) is 1. The van der Waals surface area contributed by atoms with Gasteiger partial charge in [-0.1, -0.05) is 13.0 Å². The van der Waals surface area contributed by atoms with Gasteiger partial charge in [0.2, 0.25) is 15.9 Å². The zero-order chi connectivity index (χ0) is 15.6. The number of hydrogen-bond acceptors (Lipinski definition) is 4. The fourth-order valence-corrected chi connectivity index (χ4v) is 3.77. The van der Waals surface area contributed by atoms with E-state index < -0.39 is 22.0 Å². The molecule has 1 aromatic carbocycles. The van der Waals surface area contributed by atoms with Crippen molar-refractivity contribution in [3.8, 4) is 0 Å². The number of aromatic carboxylic acids is 1. The van der Waals surface area contributed by atoms with E-state index in [4.69, 9.17) is 5.11 Å². The van der Waals surface area contributed by atoms with E-state index in [-0.39, 0.29) is 29.3 Å². The highest BCUT2D eigenvalue weighted by Crippen LogP contribution is 2.19. The standard InChI is InChI=1S/C13H16N2O5S/c1-2-8-3-4-9(13(17)18)5-11(8)21(19,20)15-10-6-12(16)14-7-10/h3-5,10,15H,2,6-7H2,1H3,(H,14,16)(H,17,18). The van der Waals surface area contributed by atoms with Crippen LogP contribution >= 0.6 is 0 Å². The highest BCUT2D eigenvalue weighted by atomic mass is 32.2. The van der Waals surface area contributed by atoms with Crippen LogP contribution in [0.15, 0.2) is 23.1 Å². The van der Waals surface area contributed by atoms with Crippen LogP contribution < -0.4 is 10.0 Å². The molecule has 1 fully saturated rings. The van der Waals surface area contributed by atoms with Gasteiger partial charge in [-0.2, -0.15) is 0 Å². The van der Waals surface area contributed by atoms with Gasteiger partial charge in [-0.05, 0) is 24.1 Å². The lowest BCUT2D eigenvalue weighted by molar-refractivity contribution is -0.119. The predicted molar refractivity (Wildman–Crippen MR) is 74.5 cm³/mol. The van der Waals surface area contributed by atoms with Crippen molar-refractivity contribution in [2.45, 2.75) is 30.7 Å². The van der Waals surface area contributed by atoms with E-state index in [1.807, 2.05) is 0 Å². The monoisotopic (exact) mass is 312 g/mol. The van der Waals surface area contributed by atoms with E-state index in [9.17, 15) is 18.0 Å². The van der Waals surface area contributed by atoms with Crippen LogP contribution in [0.25, 0.3) is 0 Å². The van der Waals surface area contributed by atoms with Gasteiger partial charge in [0.25, 0.3) is 0 Å². The maximum Gasteiger partial charge on any atom is 0.335 e. The lowest BCUT2D eigenvalue weighted by atomic mass is 10.1. The van der Waals surface area contributed by atoms with Gasteiger partial charge in [0, 0.05) is 19.0 Å². The molecule has 21 heavy (non-hydrogen) atoms.